The van der Waals surface area contributed by atoms with E-state index in [1.165, 1.54) is 12.1 Å². The Balaban J connectivity index is 2.62. The summed E-state index contributed by atoms with van der Waals surface area (Å²) < 4.78 is 13.1. The van der Waals surface area contributed by atoms with Gasteiger partial charge in [0.25, 0.3) is 0 Å². The molecule has 0 aliphatic rings. The molecule has 0 spiro atoms. The summed E-state index contributed by atoms with van der Waals surface area (Å²) >= 11 is 0. The van der Waals surface area contributed by atoms with Gasteiger partial charge in [-0.1, -0.05) is 20.8 Å². The quantitative estimate of drug-likeness (QED) is 0.731. The molecule has 0 unspecified atom stereocenters. The molecule has 0 amide bonds. The van der Waals surface area contributed by atoms with E-state index in [9.17, 15) is 9.18 Å². The van der Waals surface area contributed by atoms with Crippen molar-refractivity contribution < 1.29 is 9.18 Å². The lowest BCUT2D eigenvalue weighted by atomic mass is 9.86. The number of rotatable bonds is 1. The minimum Gasteiger partial charge on any atom is -0.360 e. The fourth-order valence-corrected chi connectivity index (χ4v) is 1.68. The van der Waals surface area contributed by atoms with Gasteiger partial charge in [0, 0.05) is 28.1 Å². The van der Waals surface area contributed by atoms with Gasteiger partial charge in [-0.05, 0) is 18.2 Å². The van der Waals surface area contributed by atoms with Crippen LogP contribution in [0.2, 0.25) is 0 Å². The van der Waals surface area contributed by atoms with Crippen LogP contribution < -0.4 is 0 Å². The Hall–Kier alpha value is -1.64. The number of fused-ring (bicyclic) bond motifs is 1. The number of carbonyl (C=O) groups is 1. The third-order valence-corrected chi connectivity index (χ3v) is 2.57. The van der Waals surface area contributed by atoms with Gasteiger partial charge in [-0.15, -0.1) is 0 Å². The molecule has 0 aliphatic heterocycles. The van der Waals surface area contributed by atoms with Crippen LogP contribution in [0.15, 0.2) is 24.4 Å². The topological polar surface area (TPSA) is 32.9 Å². The van der Waals surface area contributed by atoms with E-state index in [0.717, 1.165) is 5.52 Å². The first kappa shape index (κ1) is 10.9. The fraction of sp³-hybridized carbons (Fsp3) is 0.308. The van der Waals surface area contributed by atoms with E-state index >= 15 is 0 Å². The highest BCUT2D eigenvalue weighted by atomic mass is 19.1. The predicted octanol–water partition coefficient (Wildman–Crippen LogP) is 3.54. The van der Waals surface area contributed by atoms with Crippen LogP contribution in [0, 0.1) is 11.2 Å². The molecule has 2 rings (SSSR count). The van der Waals surface area contributed by atoms with E-state index < -0.39 is 5.41 Å². The van der Waals surface area contributed by atoms with E-state index in [1.54, 1.807) is 12.3 Å². The molecule has 1 heterocycles. The first-order chi connectivity index (χ1) is 7.39. The van der Waals surface area contributed by atoms with Crippen LogP contribution in [-0.2, 0) is 0 Å². The van der Waals surface area contributed by atoms with Crippen molar-refractivity contribution in [1.82, 2.24) is 4.98 Å². The Labute approximate surface area is 93.5 Å². The minimum absolute atomic E-state index is 0.0179. The second kappa shape index (κ2) is 3.44. The number of hydrogen-bond donors (Lipinski definition) is 1. The van der Waals surface area contributed by atoms with Gasteiger partial charge in [-0.3, -0.25) is 4.79 Å². The summed E-state index contributed by atoms with van der Waals surface area (Å²) in [4.78, 5) is 15.1. The van der Waals surface area contributed by atoms with Gasteiger partial charge < -0.3 is 4.98 Å². The van der Waals surface area contributed by atoms with Crippen molar-refractivity contribution in [3.05, 3.63) is 35.8 Å². The van der Waals surface area contributed by atoms with Gasteiger partial charge in [0.2, 0.25) is 0 Å². The van der Waals surface area contributed by atoms with E-state index in [-0.39, 0.29) is 11.6 Å². The number of H-pyrrole nitrogens is 1. The van der Waals surface area contributed by atoms with Crippen molar-refractivity contribution in [3.8, 4) is 0 Å². The smallest absolute Gasteiger partial charge is 0.170 e. The molecule has 1 N–H and O–H groups in total. The largest absolute Gasteiger partial charge is 0.360 e. The lowest BCUT2D eigenvalue weighted by Crippen LogP contribution is -2.19. The molecular formula is C13H14FNO. The molecule has 84 valence electrons. The number of aromatic nitrogens is 1. The maximum Gasteiger partial charge on any atom is 0.170 e. The maximum atomic E-state index is 13.1. The SMILES string of the molecule is CC(C)(C)C(=O)c1c[nH]c2ccc(F)cc12. The number of hydrogen-bond acceptors (Lipinski definition) is 1. The van der Waals surface area contributed by atoms with Crippen LogP contribution >= 0.6 is 0 Å². The summed E-state index contributed by atoms with van der Waals surface area (Å²) in [5.41, 5.74) is 0.887. The summed E-state index contributed by atoms with van der Waals surface area (Å²) in [6, 6.07) is 4.42. The molecule has 1 aromatic heterocycles. The molecule has 0 atom stereocenters. The first-order valence-corrected chi connectivity index (χ1v) is 5.21. The molecule has 0 saturated carbocycles. The van der Waals surface area contributed by atoms with Crippen LogP contribution in [-0.4, -0.2) is 10.8 Å². The highest BCUT2D eigenvalue weighted by Gasteiger charge is 2.25. The summed E-state index contributed by atoms with van der Waals surface area (Å²) in [5, 5.41) is 0.653. The van der Waals surface area contributed by atoms with Crippen molar-refractivity contribution in [2.24, 2.45) is 5.41 Å². The monoisotopic (exact) mass is 219 g/mol. The number of nitrogens with one attached hydrogen (secondary N) is 1. The van der Waals surface area contributed by atoms with Gasteiger partial charge in [0.1, 0.15) is 5.82 Å². The van der Waals surface area contributed by atoms with Gasteiger partial charge in [0.15, 0.2) is 5.78 Å². The van der Waals surface area contributed by atoms with Crippen LogP contribution in [0.4, 0.5) is 4.39 Å². The number of aromatic amines is 1. The zero-order valence-corrected chi connectivity index (χ0v) is 9.60. The zero-order chi connectivity index (χ0) is 11.9. The third kappa shape index (κ3) is 1.73. The fourth-order valence-electron chi connectivity index (χ4n) is 1.68. The Morgan fingerprint density at radius 1 is 1.31 bits per heavy atom. The van der Waals surface area contributed by atoms with E-state index in [4.69, 9.17) is 0 Å². The average molecular weight is 219 g/mol. The highest BCUT2D eigenvalue weighted by molar-refractivity contribution is 6.10. The third-order valence-electron chi connectivity index (χ3n) is 2.57. The molecule has 0 bridgehead atoms. The normalized spacial score (nSPS) is 12.0. The Kier molecular flexibility index (Phi) is 2.34. The van der Waals surface area contributed by atoms with Crippen molar-refractivity contribution in [1.29, 1.82) is 0 Å². The van der Waals surface area contributed by atoms with Crippen LogP contribution in [0.5, 0.6) is 0 Å². The summed E-state index contributed by atoms with van der Waals surface area (Å²) in [7, 11) is 0. The first-order valence-electron chi connectivity index (χ1n) is 5.21. The van der Waals surface area contributed by atoms with Crippen molar-refractivity contribution in [3.63, 3.8) is 0 Å². The van der Waals surface area contributed by atoms with Crippen LogP contribution in [0.1, 0.15) is 31.1 Å². The summed E-state index contributed by atoms with van der Waals surface area (Å²) in [6.07, 6.45) is 1.65. The van der Waals surface area contributed by atoms with Gasteiger partial charge >= 0.3 is 0 Å². The van der Waals surface area contributed by atoms with Gasteiger partial charge in [-0.2, -0.15) is 0 Å². The molecule has 1 aromatic carbocycles. The van der Waals surface area contributed by atoms with Crippen molar-refractivity contribution >= 4 is 16.7 Å². The van der Waals surface area contributed by atoms with Gasteiger partial charge in [0.05, 0.1) is 0 Å². The molecule has 2 nitrogen and oxygen atoms in total. The second-order valence-corrected chi connectivity index (χ2v) is 4.97. The minimum atomic E-state index is -0.457. The molecule has 16 heavy (non-hydrogen) atoms. The Morgan fingerprint density at radius 3 is 2.62 bits per heavy atom. The standard InChI is InChI=1S/C13H14FNO/c1-13(2,3)12(16)10-7-15-11-5-4-8(14)6-9(10)11/h4-7,15H,1-3H3. The lowest BCUT2D eigenvalue weighted by molar-refractivity contribution is 0.0860. The molecule has 0 saturated heterocycles. The van der Waals surface area contributed by atoms with E-state index in [0.29, 0.717) is 10.9 Å². The maximum absolute atomic E-state index is 13.1. The summed E-state index contributed by atoms with van der Waals surface area (Å²) in [5.74, 6) is -0.306. The van der Waals surface area contributed by atoms with Crippen molar-refractivity contribution in [2.45, 2.75) is 20.8 Å². The Bertz CT molecular complexity index is 549. The number of Topliss-reactive ketones (excluding diaryl/α,β-unsaturated/α-hetero) is 1. The zero-order valence-electron chi connectivity index (χ0n) is 9.60. The average Bonchev–Trinajstić information content (AvgIpc) is 2.57. The number of halogens is 1. The lowest BCUT2D eigenvalue weighted by Gasteiger charge is -2.15. The molecule has 3 heteroatoms. The van der Waals surface area contributed by atoms with Gasteiger partial charge in [-0.25, -0.2) is 4.39 Å². The van der Waals surface area contributed by atoms with Crippen molar-refractivity contribution in [2.75, 3.05) is 0 Å². The summed E-state index contributed by atoms with van der Waals surface area (Å²) in [6.45, 7) is 5.56. The highest BCUT2D eigenvalue weighted by Crippen LogP contribution is 2.26. The molecule has 0 aliphatic carbocycles. The van der Waals surface area contributed by atoms with E-state index in [2.05, 4.69) is 4.98 Å². The molecule has 0 radical (unpaired) electrons. The predicted molar refractivity (Wildman–Crippen MR) is 62.0 cm³/mol. The Morgan fingerprint density at radius 2 is 2.00 bits per heavy atom. The van der Waals surface area contributed by atoms with Crippen LogP contribution in [0.25, 0.3) is 10.9 Å². The molecule has 0 fully saturated rings. The molecular weight excluding hydrogens is 205 g/mol. The second-order valence-electron chi connectivity index (χ2n) is 4.97. The van der Waals surface area contributed by atoms with E-state index in [1.807, 2.05) is 20.8 Å². The number of carbonyl (C=O) groups excluding carboxylic acids is 1. The molecule has 2 aromatic rings. The number of benzene rings is 1. The number of ketones is 1. The van der Waals surface area contributed by atoms with Crippen LogP contribution in [0.3, 0.4) is 0 Å².